The van der Waals surface area contributed by atoms with Crippen molar-refractivity contribution >= 4 is 16.7 Å². The Morgan fingerprint density at radius 1 is 0.879 bits per heavy atom. The first-order valence-electron chi connectivity index (χ1n) is 22.2. The number of hydrogen-bond acceptors (Lipinski definition) is 6. The molecule has 7 aliphatic rings. The number of rotatable bonds is 3. The predicted molar refractivity (Wildman–Crippen MR) is 225 cm³/mol. The third-order valence-corrected chi connectivity index (χ3v) is 18.4. The van der Waals surface area contributed by atoms with Crippen LogP contribution in [0.4, 0.5) is 0 Å². The number of aliphatic hydroxyl groups is 1. The van der Waals surface area contributed by atoms with Gasteiger partial charge in [0.05, 0.1) is 36.7 Å². The maximum Gasteiger partial charge on any atom is 0.310 e. The molecule has 8 nitrogen and oxygen atoms in total. The number of nitrogens with zero attached hydrogens (tertiary/aromatic N) is 1. The molecular formula is C50H66NO7+. The van der Waals surface area contributed by atoms with Gasteiger partial charge < -0.3 is 29.2 Å². The molecule has 2 N–H and O–H groups in total. The number of aliphatic hydroxyl groups excluding tert-OH is 1. The first kappa shape index (κ1) is 39.7. The minimum absolute atomic E-state index is 0.0302. The van der Waals surface area contributed by atoms with Gasteiger partial charge in [-0.15, -0.1) is 0 Å². The van der Waals surface area contributed by atoms with Gasteiger partial charge in [0.25, 0.3) is 0 Å². The Labute approximate surface area is 345 Å². The number of benzene rings is 2. The molecule has 2 aliphatic heterocycles. The maximum atomic E-state index is 12.8. The molecule has 0 bridgehead atoms. The number of allylic oxidation sites excluding steroid dienone is 2. The Bertz CT molecular complexity index is 2190. The molecule has 312 valence electrons. The molecule has 0 radical (unpaired) electrons. The molecule has 3 aromatic rings. The van der Waals surface area contributed by atoms with Crippen molar-refractivity contribution in [3.63, 3.8) is 0 Å². The van der Waals surface area contributed by atoms with Gasteiger partial charge in [0.1, 0.15) is 0 Å². The van der Waals surface area contributed by atoms with E-state index >= 15 is 0 Å². The van der Waals surface area contributed by atoms with E-state index in [0.717, 1.165) is 91.7 Å². The number of aryl methyl sites for hydroxylation is 2. The van der Waals surface area contributed by atoms with Gasteiger partial charge in [-0.25, -0.2) is 0 Å². The lowest BCUT2D eigenvalue weighted by atomic mass is 9.33. The highest BCUT2D eigenvalue weighted by Gasteiger charge is 2.69. The summed E-state index contributed by atoms with van der Waals surface area (Å²) in [5.74, 6) is 5.01. The van der Waals surface area contributed by atoms with Crippen LogP contribution in [0.2, 0.25) is 0 Å². The van der Waals surface area contributed by atoms with E-state index in [-0.39, 0.29) is 33.7 Å². The van der Waals surface area contributed by atoms with Gasteiger partial charge in [-0.3, -0.25) is 4.79 Å². The molecule has 2 aromatic carbocycles. The van der Waals surface area contributed by atoms with Gasteiger partial charge in [0, 0.05) is 12.5 Å². The first-order valence-corrected chi connectivity index (χ1v) is 22.2. The van der Waals surface area contributed by atoms with Crippen molar-refractivity contribution in [1.82, 2.24) is 0 Å². The fraction of sp³-hybridized carbons (Fsp3) is 0.640. The van der Waals surface area contributed by atoms with Crippen LogP contribution in [0.1, 0.15) is 112 Å². The summed E-state index contributed by atoms with van der Waals surface area (Å²) in [6.07, 6.45) is 14.8. The summed E-state index contributed by atoms with van der Waals surface area (Å²) < 4.78 is 24.4. The highest BCUT2D eigenvalue weighted by atomic mass is 16.7. The van der Waals surface area contributed by atoms with Crippen molar-refractivity contribution in [2.45, 2.75) is 125 Å². The van der Waals surface area contributed by atoms with E-state index in [9.17, 15) is 15.0 Å². The number of carboxylic acids is 1. The molecule has 4 saturated carbocycles. The monoisotopic (exact) mass is 792 g/mol. The molecule has 0 unspecified atom stereocenters. The lowest BCUT2D eigenvalue weighted by Crippen LogP contribution is -2.65. The Morgan fingerprint density at radius 2 is 1.64 bits per heavy atom. The van der Waals surface area contributed by atoms with Crippen LogP contribution in [-0.4, -0.2) is 43.3 Å². The van der Waals surface area contributed by atoms with Crippen LogP contribution in [0, 0.1) is 56.7 Å². The predicted octanol–water partition coefficient (Wildman–Crippen LogP) is 10.2. The highest BCUT2D eigenvalue weighted by molar-refractivity contribution is 5.91. The van der Waals surface area contributed by atoms with Crippen LogP contribution in [-0.2, 0) is 17.8 Å². The Morgan fingerprint density at radius 3 is 2.36 bits per heavy atom. The van der Waals surface area contributed by atoms with E-state index < -0.39 is 11.4 Å². The number of carbonyl (C=O) groups is 1. The Hall–Kier alpha value is -3.78. The standard InChI is InChI=1S/C30H48O3.C20H18NO4/c1-18-10-15-30(25(32)33)17-16-28(6)20(24(30)19(18)2)8-9-22-27(5)13-12-23(31)26(3,4)21(27)11-14-29(22,28)7;1-22-17-4-3-12-7-16-14-9-19-18(24-11-25-19)8-13(14)5-6-21(16)10-15(12)20(17)23-2/h8,18-19,21-24,31H,9-17H2,1-7H3,(H,32,33);3-4,7-10H,5-6,11H2,1-2H3/q;+1/t18-,19+,21+,22-,23+,24+,27+,28-,29-,30+;/m1./s1. The van der Waals surface area contributed by atoms with Gasteiger partial charge in [-0.05, 0) is 144 Å². The van der Waals surface area contributed by atoms with E-state index in [0.29, 0.717) is 30.5 Å². The van der Waals surface area contributed by atoms with Crippen LogP contribution in [0.25, 0.3) is 22.0 Å². The Balaban J connectivity index is 0.000000156. The third kappa shape index (κ3) is 5.40. The van der Waals surface area contributed by atoms with Crippen LogP contribution in [0.3, 0.4) is 0 Å². The molecule has 8 heteroatoms. The molecule has 0 amide bonds. The number of carboxylic acid groups (broad SMARTS) is 1. The summed E-state index contributed by atoms with van der Waals surface area (Å²) in [6.45, 7) is 18.2. The van der Waals surface area contributed by atoms with Gasteiger partial charge >= 0.3 is 5.97 Å². The maximum absolute atomic E-state index is 12.8. The number of aromatic nitrogens is 1. The zero-order valence-corrected chi connectivity index (χ0v) is 36.4. The summed E-state index contributed by atoms with van der Waals surface area (Å²) in [6, 6.07) is 10.4. The SMILES string of the molecule is COc1ccc2cc3[n+](cc2c1OC)CCc1cc2c(cc1-3)OCO2.C[C@H]1[C@H](C)CC[C@]2(C(=O)O)CC[C@]3(C)C(=CC[C@@H]4[C@@]5(C)CC[C@H](O)C(C)(C)[C@@H]5CC[C@]43C)[C@H]12. The van der Waals surface area contributed by atoms with E-state index in [2.05, 4.69) is 89.6 Å². The second kappa shape index (κ2) is 13.6. The smallest absolute Gasteiger partial charge is 0.310 e. The van der Waals surface area contributed by atoms with Crippen molar-refractivity contribution in [3.8, 4) is 34.3 Å². The molecule has 58 heavy (non-hydrogen) atoms. The summed E-state index contributed by atoms with van der Waals surface area (Å²) in [5.41, 5.74) is 5.13. The number of aliphatic carboxylic acids is 1. The average Bonchev–Trinajstić information content (AvgIpc) is 3.67. The number of pyridine rings is 1. The van der Waals surface area contributed by atoms with Crippen LogP contribution in [0.5, 0.6) is 23.0 Å². The quantitative estimate of drug-likeness (QED) is 0.201. The molecule has 0 spiro atoms. The highest BCUT2D eigenvalue weighted by Crippen LogP contribution is 2.75. The summed E-state index contributed by atoms with van der Waals surface area (Å²) in [7, 11) is 3.34. The zero-order valence-electron chi connectivity index (χ0n) is 36.4. The molecule has 10 rings (SSSR count). The fourth-order valence-corrected chi connectivity index (χ4v) is 14.6. The van der Waals surface area contributed by atoms with Crippen LogP contribution in [0.15, 0.2) is 48.2 Å². The molecular weight excluding hydrogens is 727 g/mol. The lowest BCUT2D eigenvalue weighted by Gasteiger charge is -2.71. The number of methoxy groups -OCH3 is 2. The largest absolute Gasteiger partial charge is 0.493 e. The molecule has 1 aromatic heterocycles. The van der Waals surface area contributed by atoms with Crippen molar-refractivity contribution in [2.75, 3.05) is 21.0 Å². The Kier molecular flexibility index (Phi) is 9.32. The van der Waals surface area contributed by atoms with E-state index in [1.165, 1.54) is 35.2 Å². The van der Waals surface area contributed by atoms with Gasteiger partial charge in [-0.2, -0.15) is 4.57 Å². The van der Waals surface area contributed by atoms with Crippen molar-refractivity contribution in [1.29, 1.82) is 0 Å². The molecule has 10 atom stereocenters. The van der Waals surface area contributed by atoms with E-state index in [1.54, 1.807) is 14.2 Å². The first-order chi connectivity index (χ1) is 27.5. The normalized spacial score (nSPS) is 37.6. The summed E-state index contributed by atoms with van der Waals surface area (Å²) in [4.78, 5) is 12.8. The van der Waals surface area contributed by atoms with E-state index in [4.69, 9.17) is 18.9 Å². The topological polar surface area (TPSA) is 98.3 Å². The minimum atomic E-state index is -0.557. The number of hydrogen-bond donors (Lipinski definition) is 2. The average molecular weight is 793 g/mol. The van der Waals surface area contributed by atoms with Crippen molar-refractivity contribution < 1.29 is 38.5 Å². The summed E-state index contributed by atoms with van der Waals surface area (Å²) in [5, 5.41) is 23.6. The van der Waals surface area contributed by atoms with Gasteiger partial charge in [0.2, 0.25) is 12.5 Å². The number of fused-ring (bicyclic) bond motifs is 12. The minimum Gasteiger partial charge on any atom is -0.493 e. The zero-order chi connectivity index (χ0) is 41.2. The van der Waals surface area contributed by atoms with E-state index in [1.807, 2.05) is 6.07 Å². The summed E-state index contributed by atoms with van der Waals surface area (Å²) >= 11 is 0. The molecule has 0 saturated heterocycles. The second-order valence-electron chi connectivity index (χ2n) is 20.8. The van der Waals surface area contributed by atoms with Crippen LogP contribution < -0.4 is 23.5 Å². The second-order valence-corrected chi connectivity index (χ2v) is 20.8. The van der Waals surface area contributed by atoms with Gasteiger partial charge in [0.15, 0.2) is 35.7 Å². The lowest BCUT2D eigenvalue weighted by molar-refractivity contribution is -0.686. The fourth-order valence-electron chi connectivity index (χ4n) is 14.6. The van der Waals surface area contributed by atoms with Crippen LogP contribution >= 0.6 is 0 Å². The third-order valence-electron chi connectivity index (χ3n) is 18.4. The molecule has 4 fully saturated rings. The number of ether oxygens (including phenoxy) is 4. The van der Waals surface area contributed by atoms with Gasteiger partial charge in [-0.1, -0.05) is 60.1 Å². The molecule has 3 heterocycles. The molecule has 5 aliphatic carbocycles. The van der Waals surface area contributed by atoms with Crippen molar-refractivity contribution in [3.05, 3.63) is 53.7 Å². The van der Waals surface area contributed by atoms with Crippen molar-refractivity contribution in [2.24, 2.45) is 56.7 Å².